The highest BCUT2D eigenvalue weighted by atomic mass is 16.1. The first kappa shape index (κ1) is 9.22. The fraction of sp³-hybridized carbons (Fsp3) is 0. The highest BCUT2D eigenvalue weighted by Gasteiger charge is 2.03. The van der Waals surface area contributed by atoms with E-state index in [-0.39, 0.29) is 5.56 Å². The fourth-order valence-electron chi connectivity index (χ4n) is 1.42. The Morgan fingerprint density at radius 3 is 2.60 bits per heavy atom. The van der Waals surface area contributed by atoms with Crippen molar-refractivity contribution in [3.05, 3.63) is 58.4 Å². The van der Waals surface area contributed by atoms with Crippen LogP contribution in [0, 0.1) is 11.3 Å². The number of aromatic nitrogens is 1. The van der Waals surface area contributed by atoms with Gasteiger partial charge in [-0.15, -0.1) is 0 Å². The molecule has 72 valence electrons. The molecule has 3 nitrogen and oxygen atoms in total. The third-order valence-electron chi connectivity index (χ3n) is 2.11. The molecule has 0 atom stereocenters. The van der Waals surface area contributed by atoms with Gasteiger partial charge in [-0.2, -0.15) is 5.26 Å². The van der Waals surface area contributed by atoms with Crippen LogP contribution < -0.4 is 5.56 Å². The molecule has 0 bridgehead atoms. The van der Waals surface area contributed by atoms with Crippen molar-refractivity contribution in [2.75, 3.05) is 0 Å². The maximum atomic E-state index is 11.1. The summed E-state index contributed by atoms with van der Waals surface area (Å²) in [5.41, 5.74) is 1.80. The molecule has 0 radical (unpaired) electrons. The van der Waals surface area contributed by atoms with Gasteiger partial charge in [0, 0.05) is 17.3 Å². The fourth-order valence-corrected chi connectivity index (χ4v) is 1.42. The number of hydrogen-bond donors (Lipinski definition) is 1. The van der Waals surface area contributed by atoms with E-state index >= 15 is 0 Å². The first-order chi connectivity index (χ1) is 7.31. The van der Waals surface area contributed by atoms with Gasteiger partial charge < -0.3 is 4.98 Å². The zero-order valence-electron chi connectivity index (χ0n) is 7.90. The number of hydrogen-bond acceptors (Lipinski definition) is 2. The molecule has 1 N–H and O–H groups in total. The normalized spacial score (nSPS) is 9.53. The number of benzene rings is 1. The van der Waals surface area contributed by atoms with Crippen LogP contribution in [-0.4, -0.2) is 4.98 Å². The highest BCUT2D eigenvalue weighted by molar-refractivity contribution is 5.66. The van der Waals surface area contributed by atoms with Crippen molar-refractivity contribution in [1.29, 1.82) is 5.26 Å². The van der Waals surface area contributed by atoms with E-state index < -0.39 is 0 Å². The second-order valence-electron chi connectivity index (χ2n) is 3.09. The third kappa shape index (κ3) is 1.79. The third-order valence-corrected chi connectivity index (χ3v) is 2.11. The van der Waals surface area contributed by atoms with Crippen LogP contribution in [0.5, 0.6) is 0 Å². The monoisotopic (exact) mass is 196 g/mol. The lowest BCUT2D eigenvalue weighted by Crippen LogP contribution is -2.03. The number of H-pyrrole nitrogens is 1. The van der Waals surface area contributed by atoms with Gasteiger partial charge in [-0.3, -0.25) is 4.79 Å². The minimum Gasteiger partial charge on any atom is -0.322 e. The molecule has 0 aliphatic rings. The SMILES string of the molecule is N#Cc1ccccc1-c1cccc(=O)[nH]1. The summed E-state index contributed by atoms with van der Waals surface area (Å²) >= 11 is 0. The summed E-state index contributed by atoms with van der Waals surface area (Å²) in [6.07, 6.45) is 0. The summed E-state index contributed by atoms with van der Waals surface area (Å²) < 4.78 is 0. The number of rotatable bonds is 1. The molecule has 2 rings (SSSR count). The molecule has 1 heterocycles. The summed E-state index contributed by atoms with van der Waals surface area (Å²) in [5.74, 6) is 0. The molecule has 0 saturated heterocycles. The molecule has 2 aromatic rings. The van der Waals surface area contributed by atoms with E-state index in [1.165, 1.54) is 6.07 Å². The van der Waals surface area contributed by atoms with Gasteiger partial charge in [0.25, 0.3) is 0 Å². The smallest absolute Gasteiger partial charge is 0.248 e. The minimum absolute atomic E-state index is 0.166. The summed E-state index contributed by atoms with van der Waals surface area (Å²) in [4.78, 5) is 13.8. The van der Waals surface area contributed by atoms with E-state index in [1.807, 2.05) is 12.1 Å². The lowest BCUT2D eigenvalue weighted by atomic mass is 10.1. The Morgan fingerprint density at radius 1 is 1.07 bits per heavy atom. The molecule has 0 aliphatic heterocycles. The first-order valence-electron chi connectivity index (χ1n) is 4.50. The summed E-state index contributed by atoms with van der Waals surface area (Å²) in [6.45, 7) is 0. The summed E-state index contributed by atoms with van der Waals surface area (Å²) in [6, 6.07) is 14.1. The Kier molecular flexibility index (Phi) is 2.34. The molecule has 0 fully saturated rings. The zero-order valence-corrected chi connectivity index (χ0v) is 7.90. The van der Waals surface area contributed by atoms with Gasteiger partial charge in [0.2, 0.25) is 5.56 Å². The van der Waals surface area contributed by atoms with Crippen molar-refractivity contribution in [3.8, 4) is 17.3 Å². The quantitative estimate of drug-likeness (QED) is 0.757. The van der Waals surface area contributed by atoms with E-state index in [2.05, 4.69) is 11.1 Å². The van der Waals surface area contributed by atoms with Gasteiger partial charge in [-0.25, -0.2) is 0 Å². The van der Waals surface area contributed by atoms with Crippen molar-refractivity contribution < 1.29 is 0 Å². The molecule has 0 amide bonds. The molecule has 15 heavy (non-hydrogen) atoms. The molecule has 0 aliphatic carbocycles. The second kappa shape index (κ2) is 3.81. The maximum absolute atomic E-state index is 11.1. The standard InChI is InChI=1S/C12H8N2O/c13-8-9-4-1-2-5-10(9)11-6-3-7-12(15)14-11/h1-7H,(H,14,15). The minimum atomic E-state index is -0.166. The number of nitrogens with one attached hydrogen (secondary N) is 1. The molecular weight excluding hydrogens is 188 g/mol. The lowest BCUT2D eigenvalue weighted by Gasteiger charge is -2.02. The topological polar surface area (TPSA) is 56.6 Å². The van der Waals surface area contributed by atoms with E-state index in [4.69, 9.17) is 5.26 Å². The van der Waals surface area contributed by atoms with Crippen molar-refractivity contribution in [3.63, 3.8) is 0 Å². The molecule has 0 unspecified atom stereocenters. The first-order valence-corrected chi connectivity index (χ1v) is 4.50. The molecule has 1 aromatic heterocycles. The van der Waals surface area contributed by atoms with E-state index in [0.717, 1.165) is 5.56 Å². The van der Waals surface area contributed by atoms with E-state index in [1.54, 1.807) is 24.3 Å². The van der Waals surface area contributed by atoms with Crippen LogP contribution >= 0.6 is 0 Å². The zero-order chi connectivity index (χ0) is 10.7. The molecular formula is C12H8N2O. The van der Waals surface area contributed by atoms with Crippen LogP contribution in [0.15, 0.2) is 47.3 Å². The average molecular weight is 196 g/mol. The molecule has 1 aromatic carbocycles. The van der Waals surface area contributed by atoms with Crippen LogP contribution in [0.4, 0.5) is 0 Å². The summed E-state index contributed by atoms with van der Waals surface area (Å²) in [5, 5.41) is 8.91. The Hall–Kier alpha value is -2.34. The van der Waals surface area contributed by atoms with Crippen LogP contribution in [0.3, 0.4) is 0 Å². The van der Waals surface area contributed by atoms with Crippen LogP contribution in [0.2, 0.25) is 0 Å². The number of aromatic amines is 1. The molecule has 0 saturated carbocycles. The number of nitriles is 1. The van der Waals surface area contributed by atoms with Crippen molar-refractivity contribution in [2.24, 2.45) is 0 Å². The van der Waals surface area contributed by atoms with Crippen LogP contribution in [-0.2, 0) is 0 Å². The van der Waals surface area contributed by atoms with E-state index in [9.17, 15) is 4.79 Å². The second-order valence-corrected chi connectivity index (χ2v) is 3.09. The molecule has 0 spiro atoms. The number of pyridine rings is 1. The average Bonchev–Trinajstić information content (AvgIpc) is 2.29. The lowest BCUT2D eigenvalue weighted by molar-refractivity contribution is 1.24. The van der Waals surface area contributed by atoms with E-state index in [0.29, 0.717) is 11.3 Å². The van der Waals surface area contributed by atoms with Gasteiger partial charge in [0.05, 0.1) is 11.6 Å². The predicted molar refractivity (Wildman–Crippen MR) is 57.2 cm³/mol. The Morgan fingerprint density at radius 2 is 1.87 bits per heavy atom. The van der Waals surface area contributed by atoms with Gasteiger partial charge in [0.1, 0.15) is 0 Å². The van der Waals surface area contributed by atoms with Gasteiger partial charge in [-0.05, 0) is 12.1 Å². The van der Waals surface area contributed by atoms with Crippen molar-refractivity contribution in [2.45, 2.75) is 0 Å². The summed E-state index contributed by atoms with van der Waals surface area (Å²) in [7, 11) is 0. The van der Waals surface area contributed by atoms with Crippen molar-refractivity contribution >= 4 is 0 Å². The van der Waals surface area contributed by atoms with Gasteiger partial charge >= 0.3 is 0 Å². The molecule has 3 heteroatoms. The largest absolute Gasteiger partial charge is 0.322 e. The Labute approximate surface area is 86.6 Å². The van der Waals surface area contributed by atoms with Gasteiger partial charge in [0.15, 0.2) is 0 Å². The highest BCUT2D eigenvalue weighted by Crippen LogP contribution is 2.19. The van der Waals surface area contributed by atoms with Crippen LogP contribution in [0.25, 0.3) is 11.3 Å². The van der Waals surface area contributed by atoms with Crippen LogP contribution in [0.1, 0.15) is 5.56 Å². The number of nitrogens with zero attached hydrogens (tertiary/aromatic N) is 1. The Balaban J connectivity index is 2.65. The Bertz CT molecular complexity index is 578. The maximum Gasteiger partial charge on any atom is 0.248 e. The predicted octanol–water partition coefficient (Wildman–Crippen LogP) is 1.91. The van der Waals surface area contributed by atoms with Gasteiger partial charge in [-0.1, -0.05) is 24.3 Å². The van der Waals surface area contributed by atoms with Crippen molar-refractivity contribution in [1.82, 2.24) is 4.98 Å².